The second-order valence-electron chi connectivity index (χ2n) is 6.99. The molecule has 0 unspecified atom stereocenters. The van der Waals surface area contributed by atoms with E-state index in [1.165, 1.54) is 0 Å². The highest BCUT2D eigenvalue weighted by Gasteiger charge is 2.14. The molecule has 6 heteroatoms. The summed E-state index contributed by atoms with van der Waals surface area (Å²) in [6.45, 7) is 3.47. The zero-order valence-corrected chi connectivity index (χ0v) is 16.8. The third-order valence-electron chi connectivity index (χ3n) is 4.97. The summed E-state index contributed by atoms with van der Waals surface area (Å²) in [6, 6.07) is 17.7. The van der Waals surface area contributed by atoms with Crippen LogP contribution in [0.2, 0.25) is 0 Å². The van der Waals surface area contributed by atoms with Crippen LogP contribution < -0.4 is 10.9 Å². The second kappa shape index (κ2) is 9.01. The van der Waals surface area contributed by atoms with Crippen molar-refractivity contribution in [2.45, 2.75) is 26.7 Å². The van der Waals surface area contributed by atoms with Gasteiger partial charge in [0.2, 0.25) is 5.91 Å². The monoisotopic (exact) mass is 399 g/mol. The number of carbonyl (C=O) groups is 2. The van der Waals surface area contributed by atoms with Gasteiger partial charge in [-0.3, -0.25) is 14.4 Å². The van der Waals surface area contributed by atoms with Gasteiger partial charge in [-0.05, 0) is 43.5 Å². The number of aromatic amines is 1. The Balaban J connectivity index is 1.70. The van der Waals surface area contributed by atoms with E-state index in [4.69, 9.17) is 5.26 Å². The predicted molar refractivity (Wildman–Crippen MR) is 115 cm³/mol. The van der Waals surface area contributed by atoms with Crippen molar-refractivity contribution >= 4 is 17.4 Å². The number of rotatable bonds is 6. The maximum atomic E-state index is 12.6. The van der Waals surface area contributed by atoms with Crippen LogP contribution in [0.5, 0.6) is 0 Å². The van der Waals surface area contributed by atoms with Crippen molar-refractivity contribution in [2.24, 2.45) is 0 Å². The third kappa shape index (κ3) is 4.53. The first-order valence-corrected chi connectivity index (χ1v) is 9.53. The van der Waals surface area contributed by atoms with Crippen LogP contribution in [0.15, 0.2) is 59.4 Å². The van der Waals surface area contributed by atoms with Gasteiger partial charge < -0.3 is 10.3 Å². The number of anilines is 1. The molecular weight excluding hydrogens is 378 g/mol. The van der Waals surface area contributed by atoms with E-state index >= 15 is 0 Å². The number of hydrogen-bond acceptors (Lipinski definition) is 4. The second-order valence-corrected chi connectivity index (χ2v) is 6.99. The van der Waals surface area contributed by atoms with Crippen LogP contribution in [0.1, 0.15) is 44.7 Å². The van der Waals surface area contributed by atoms with Crippen LogP contribution >= 0.6 is 0 Å². The number of pyridine rings is 1. The largest absolute Gasteiger partial charge is 0.326 e. The lowest BCUT2D eigenvalue weighted by atomic mass is 9.99. The Labute approximate surface area is 174 Å². The number of nitrogens with one attached hydrogen (secondary N) is 2. The van der Waals surface area contributed by atoms with Gasteiger partial charge >= 0.3 is 0 Å². The normalized spacial score (nSPS) is 10.3. The molecule has 0 aliphatic heterocycles. The van der Waals surface area contributed by atoms with E-state index in [2.05, 4.69) is 10.3 Å². The van der Waals surface area contributed by atoms with Crippen LogP contribution in [0.4, 0.5) is 5.69 Å². The summed E-state index contributed by atoms with van der Waals surface area (Å²) in [4.78, 5) is 39.5. The number of benzene rings is 2. The molecule has 2 N–H and O–H groups in total. The minimum Gasteiger partial charge on any atom is -0.326 e. The Bertz CT molecular complexity index is 1200. The maximum absolute atomic E-state index is 12.6. The minimum absolute atomic E-state index is 0.0723. The van der Waals surface area contributed by atoms with Gasteiger partial charge in [0.15, 0.2) is 5.78 Å². The summed E-state index contributed by atoms with van der Waals surface area (Å²) in [5, 5.41) is 12.0. The first-order chi connectivity index (χ1) is 14.4. The Morgan fingerprint density at radius 2 is 1.73 bits per heavy atom. The molecule has 30 heavy (non-hydrogen) atoms. The van der Waals surface area contributed by atoms with Crippen molar-refractivity contribution in [3.63, 3.8) is 0 Å². The molecule has 0 bridgehead atoms. The molecule has 0 saturated carbocycles. The zero-order valence-electron chi connectivity index (χ0n) is 16.8. The lowest BCUT2D eigenvalue weighted by molar-refractivity contribution is -0.116. The molecule has 1 amide bonds. The number of nitrogens with zero attached hydrogens (tertiary/aromatic N) is 1. The topological polar surface area (TPSA) is 103 Å². The van der Waals surface area contributed by atoms with E-state index < -0.39 is 5.56 Å². The Hall–Kier alpha value is -3.98. The van der Waals surface area contributed by atoms with Gasteiger partial charge in [0.25, 0.3) is 5.56 Å². The molecule has 0 aliphatic carbocycles. The molecule has 0 fully saturated rings. The summed E-state index contributed by atoms with van der Waals surface area (Å²) >= 11 is 0. The maximum Gasteiger partial charge on any atom is 0.266 e. The Morgan fingerprint density at radius 1 is 1.03 bits per heavy atom. The Kier molecular flexibility index (Phi) is 6.23. The number of ketones is 1. The highest BCUT2D eigenvalue weighted by atomic mass is 16.1. The molecule has 6 nitrogen and oxygen atoms in total. The van der Waals surface area contributed by atoms with E-state index in [1.807, 2.05) is 12.1 Å². The molecule has 150 valence electrons. The van der Waals surface area contributed by atoms with E-state index in [-0.39, 0.29) is 23.7 Å². The molecule has 3 rings (SSSR count). The molecule has 2 aromatic carbocycles. The Morgan fingerprint density at radius 3 is 2.43 bits per heavy atom. The molecular formula is C24H21N3O3. The number of H-pyrrole nitrogens is 1. The predicted octanol–water partition coefficient (Wildman–Crippen LogP) is 3.67. The summed E-state index contributed by atoms with van der Waals surface area (Å²) < 4.78 is 0. The molecule has 0 radical (unpaired) electrons. The van der Waals surface area contributed by atoms with Gasteiger partial charge in [-0.15, -0.1) is 0 Å². The highest BCUT2D eigenvalue weighted by Crippen LogP contribution is 2.17. The van der Waals surface area contributed by atoms with Crippen LogP contribution in [0.3, 0.4) is 0 Å². The fourth-order valence-electron chi connectivity index (χ4n) is 3.38. The van der Waals surface area contributed by atoms with Crippen molar-refractivity contribution in [1.82, 2.24) is 4.98 Å². The van der Waals surface area contributed by atoms with Crippen molar-refractivity contribution in [3.8, 4) is 6.07 Å². The van der Waals surface area contributed by atoms with Gasteiger partial charge in [-0.2, -0.15) is 5.26 Å². The average Bonchev–Trinajstić information content (AvgIpc) is 2.74. The smallest absolute Gasteiger partial charge is 0.266 e. The fraction of sp³-hybridized carbons (Fsp3) is 0.167. The minimum atomic E-state index is -0.416. The molecule has 1 heterocycles. The van der Waals surface area contributed by atoms with Crippen LogP contribution in [-0.4, -0.2) is 16.7 Å². The first-order valence-electron chi connectivity index (χ1n) is 9.53. The quantitative estimate of drug-likeness (QED) is 0.617. The van der Waals surface area contributed by atoms with Crippen molar-refractivity contribution < 1.29 is 9.59 Å². The lowest BCUT2D eigenvalue weighted by Crippen LogP contribution is -2.18. The van der Waals surface area contributed by atoms with E-state index in [0.29, 0.717) is 34.5 Å². The van der Waals surface area contributed by atoms with Crippen LogP contribution in [0, 0.1) is 25.2 Å². The zero-order chi connectivity index (χ0) is 21.7. The molecule has 0 aliphatic rings. The lowest BCUT2D eigenvalue weighted by Gasteiger charge is -2.11. The average molecular weight is 399 g/mol. The number of aromatic nitrogens is 1. The summed E-state index contributed by atoms with van der Waals surface area (Å²) in [5.41, 5.74) is 3.30. The molecule has 0 saturated heterocycles. The summed E-state index contributed by atoms with van der Waals surface area (Å²) in [7, 11) is 0. The SMILES string of the molecule is Cc1[nH]c(=O)c(C#N)c(C)c1CCC(=O)Nc1cccc(C(=O)c2ccccc2)c1. The van der Waals surface area contributed by atoms with E-state index in [9.17, 15) is 14.4 Å². The highest BCUT2D eigenvalue weighted by molar-refractivity contribution is 6.09. The number of hydrogen-bond donors (Lipinski definition) is 2. The number of nitriles is 1. The van der Waals surface area contributed by atoms with Crippen LogP contribution in [-0.2, 0) is 11.2 Å². The number of amides is 1. The van der Waals surface area contributed by atoms with Gasteiger partial charge in [-0.25, -0.2) is 0 Å². The number of carbonyl (C=O) groups excluding carboxylic acids is 2. The molecule has 0 atom stereocenters. The van der Waals surface area contributed by atoms with Crippen LogP contribution in [0.25, 0.3) is 0 Å². The van der Waals surface area contributed by atoms with Gasteiger partial charge in [0.1, 0.15) is 11.6 Å². The third-order valence-corrected chi connectivity index (χ3v) is 4.97. The molecule has 0 spiro atoms. The first kappa shape index (κ1) is 20.7. The number of aryl methyl sites for hydroxylation is 1. The summed E-state index contributed by atoms with van der Waals surface area (Å²) in [5.74, 6) is -0.335. The summed E-state index contributed by atoms with van der Waals surface area (Å²) in [6.07, 6.45) is 0.563. The van der Waals surface area contributed by atoms with E-state index in [0.717, 1.165) is 5.56 Å². The van der Waals surface area contributed by atoms with Crippen molar-refractivity contribution in [1.29, 1.82) is 5.26 Å². The van der Waals surface area contributed by atoms with E-state index in [1.54, 1.807) is 62.4 Å². The molecule has 1 aromatic heterocycles. The fourth-order valence-corrected chi connectivity index (χ4v) is 3.38. The van der Waals surface area contributed by atoms with Gasteiger partial charge in [0.05, 0.1) is 0 Å². The van der Waals surface area contributed by atoms with Crippen molar-refractivity contribution in [2.75, 3.05) is 5.32 Å². The van der Waals surface area contributed by atoms with Gasteiger partial charge in [0, 0.05) is 28.9 Å². The standard InChI is InChI=1S/C24H21N3O3/c1-15-20(16(2)26-24(30)21(15)14-25)11-12-22(28)27-19-10-6-9-18(13-19)23(29)17-7-4-3-5-8-17/h3-10,13H,11-12H2,1-2H3,(H,26,30)(H,27,28). The van der Waals surface area contributed by atoms with Crippen molar-refractivity contribution in [3.05, 3.63) is 98.5 Å². The van der Waals surface area contributed by atoms with Gasteiger partial charge in [-0.1, -0.05) is 42.5 Å². The molecule has 3 aromatic rings.